The van der Waals surface area contributed by atoms with Gasteiger partial charge in [0, 0.05) is 25.7 Å². The highest BCUT2D eigenvalue weighted by Crippen LogP contribution is 2.40. The Morgan fingerprint density at radius 2 is 0.657 bits per heavy atom. The third-order valence-corrected chi connectivity index (χ3v) is 14.0. The first-order chi connectivity index (χ1) is 32.5. The van der Waals surface area contributed by atoms with Crippen LogP contribution in [0.25, 0.3) is 0 Å². The Balaban J connectivity index is 3.24. The first-order valence-corrected chi connectivity index (χ1v) is 28.6. The van der Waals surface area contributed by atoms with Gasteiger partial charge in [-0.2, -0.15) is 0 Å². The summed E-state index contributed by atoms with van der Waals surface area (Å²) in [6.07, 6.45) is 34.0. The van der Waals surface area contributed by atoms with Crippen LogP contribution in [0, 0.1) is 0 Å². The Labute approximate surface area is 415 Å². The van der Waals surface area contributed by atoms with Crippen LogP contribution >= 0.6 is 12.6 Å². The third-order valence-electron chi connectivity index (χ3n) is 13.3. The van der Waals surface area contributed by atoms with E-state index in [0.29, 0.717) is 25.7 Å². The zero-order valence-corrected chi connectivity index (χ0v) is 44.7. The molecule has 0 saturated carbocycles. The summed E-state index contributed by atoms with van der Waals surface area (Å²) in [4.78, 5) is 65.7. The van der Waals surface area contributed by atoms with E-state index < -0.39 is 59.0 Å². The van der Waals surface area contributed by atoms with Gasteiger partial charge in [-0.05, 0) is 32.6 Å². The highest BCUT2D eigenvalue weighted by molar-refractivity contribution is 7.82. The molecule has 10 nitrogen and oxygen atoms in total. The maximum Gasteiger partial charge on any atom is 0.306 e. The second kappa shape index (κ2) is 42.7. The van der Waals surface area contributed by atoms with Crippen LogP contribution in [0.2, 0.25) is 0 Å². The molecule has 1 rings (SSSR count). The molecule has 0 radical (unpaired) electrons. The van der Waals surface area contributed by atoms with Gasteiger partial charge in [-0.15, -0.1) is 12.6 Å². The zero-order valence-electron chi connectivity index (χ0n) is 43.8. The Morgan fingerprint density at radius 1 is 0.388 bits per heavy atom. The van der Waals surface area contributed by atoms with E-state index >= 15 is 0 Å². The SMILES string of the molecule is CCCCCCCCCCCC(=O)OC[C@H]1O[C@@](S)(C(C)=O)[C@H](OC(=O)CCCCCCCCCCC)[C@@H](OC(=O)CCCCCCCCCCC)[C@H]1OC(=O)CCCCCCCCCCC. The van der Waals surface area contributed by atoms with Gasteiger partial charge in [0.05, 0.1) is 0 Å². The van der Waals surface area contributed by atoms with Crippen molar-refractivity contribution in [1.82, 2.24) is 0 Å². The monoisotopic (exact) mass is 967 g/mol. The number of esters is 4. The Kier molecular flexibility index (Phi) is 40.1. The second-order valence-electron chi connectivity index (χ2n) is 19.7. The zero-order chi connectivity index (χ0) is 49.2. The summed E-state index contributed by atoms with van der Waals surface area (Å²) in [5, 5.41) is 0. The van der Waals surface area contributed by atoms with Crippen molar-refractivity contribution < 1.29 is 47.7 Å². The topological polar surface area (TPSA) is 132 Å². The molecule has 0 aromatic carbocycles. The van der Waals surface area contributed by atoms with Gasteiger partial charge in [0.25, 0.3) is 0 Å². The number of thiol groups is 1. The standard InChI is InChI=1S/C56H102O10S/c1-6-10-14-18-22-26-30-34-38-42-49(58)62-46-48-53(63-50(59)43-39-35-31-27-23-19-15-11-7-2)54(64-51(60)44-40-36-32-28-24-20-16-12-8-3)55(56(67,66-48)47(5)57)65-52(61)45-41-37-33-29-25-21-17-13-9-4/h48,53-55,67H,6-46H2,1-5H3/t48-,53+,54+,55-,56-/m1/s1. The lowest BCUT2D eigenvalue weighted by Gasteiger charge is -2.48. The number of hydrogen-bond acceptors (Lipinski definition) is 11. The van der Waals surface area contributed by atoms with Gasteiger partial charge in [0.2, 0.25) is 4.93 Å². The van der Waals surface area contributed by atoms with Crippen LogP contribution in [-0.4, -0.2) is 65.6 Å². The van der Waals surface area contributed by atoms with E-state index in [1.165, 1.54) is 135 Å². The molecule has 392 valence electrons. The molecule has 0 unspecified atom stereocenters. The normalized spacial score (nSPS) is 19.3. The molecule has 5 atom stereocenters. The van der Waals surface area contributed by atoms with Gasteiger partial charge in [-0.25, -0.2) is 0 Å². The van der Waals surface area contributed by atoms with Gasteiger partial charge < -0.3 is 23.7 Å². The number of rotatable bonds is 46. The minimum Gasteiger partial charge on any atom is -0.463 e. The lowest BCUT2D eigenvalue weighted by molar-refractivity contribution is -0.257. The summed E-state index contributed by atoms with van der Waals surface area (Å²) < 4.78 is 30.6. The molecule has 0 aliphatic carbocycles. The molecule has 1 heterocycles. The first-order valence-electron chi connectivity index (χ1n) is 28.2. The fraction of sp³-hybridized carbons (Fsp3) is 0.911. The summed E-state index contributed by atoms with van der Waals surface area (Å²) in [7, 11) is 0. The number of ketones is 1. The number of hydrogen-bond donors (Lipinski definition) is 1. The van der Waals surface area contributed by atoms with Crippen molar-refractivity contribution in [3.63, 3.8) is 0 Å². The van der Waals surface area contributed by atoms with E-state index in [-0.39, 0.29) is 32.3 Å². The average molecular weight is 967 g/mol. The summed E-state index contributed by atoms with van der Waals surface area (Å²) >= 11 is 4.75. The number of Topliss-reactive ketones (excluding diaryl/α,β-unsaturated/α-hetero) is 1. The smallest absolute Gasteiger partial charge is 0.306 e. The van der Waals surface area contributed by atoms with Crippen molar-refractivity contribution in [3.8, 4) is 0 Å². The van der Waals surface area contributed by atoms with Crippen molar-refractivity contribution in [2.24, 2.45) is 0 Å². The Morgan fingerprint density at radius 3 is 0.970 bits per heavy atom. The highest BCUT2D eigenvalue weighted by atomic mass is 32.1. The molecular formula is C56H102O10S. The minimum absolute atomic E-state index is 0.0934. The molecule has 0 aromatic heterocycles. The Bertz CT molecular complexity index is 1260. The van der Waals surface area contributed by atoms with Crippen LogP contribution in [0.4, 0.5) is 0 Å². The molecule has 0 aromatic rings. The minimum atomic E-state index is -2.08. The molecule has 1 fully saturated rings. The molecule has 67 heavy (non-hydrogen) atoms. The van der Waals surface area contributed by atoms with Crippen LogP contribution in [-0.2, 0) is 47.7 Å². The predicted molar refractivity (Wildman–Crippen MR) is 275 cm³/mol. The van der Waals surface area contributed by atoms with E-state index in [1.807, 2.05) is 0 Å². The molecule has 1 aliphatic rings. The maximum absolute atomic E-state index is 13.8. The highest BCUT2D eigenvalue weighted by Gasteiger charge is 2.61. The van der Waals surface area contributed by atoms with Crippen molar-refractivity contribution >= 4 is 42.3 Å². The molecule has 0 bridgehead atoms. The van der Waals surface area contributed by atoms with Crippen LogP contribution in [0.5, 0.6) is 0 Å². The van der Waals surface area contributed by atoms with Crippen molar-refractivity contribution in [3.05, 3.63) is 0 Å². The van der Waals surface area contributed by atoms with Crippen molar-refractivity contribution in [2.45, 2.75) is 321 Å². The van der Waals surface area contributed by atoms with Crippen molar-refractivity contribution in [2.75, 3.05) is 6.61 Å². The van der Waals surface area contributed by atoms with Gasteiger partial charge in [0.15, 0.2) is 24.1 Å². The maximum atomic E-state index is 13.8. The van der Waals surface area contributed by atoms with Crippen LogP contribution in [0.3, 0.4) is 0 Å². The summed E-state index contributed by atoms with van der Waals surface area (Å²) in [6, 6.07) is 0. The number of carbonyl (C=O) groups is 5. The van der Waals surface area contributed by atoms with Gasteiger partial charge in [-0.3, -0.25) is 24.0 Å². The lowest BCUT2D eigenvalue weighted by Crippen LogP contribution is -2.68. The number of ether oxygens (including phenoxy) is 5. The predicted octanol–water partition coefficient (Wildman–Crippen LogP) is 15.6. The molecular weight excluding hydrogens is 865 g/mol. The van der Waals surface area contributed by atoms with E-state index in [9.17, 15) is 24.0 Å². The van der Waals surface area contributed by atoms with Gasteiger partial charge in [-0.1, -0.05) is 233 Å². The van der Waals surface area contributed by atoms with E-state index in [0.717, 1.165) is 77.0 Å². The van der Waals surface area contributed by atoms with E-state index in [1.54, 1.807) is 0 Å². The third kappa shape index (κ3) is 31.7. The average Bonchev–Trinajstić information content (AvgIpc) is 3.30. The molecule has 11 heteroatoms. The number of unbranched alkanes of at least 4 members (excludes halogenated alkanes) is 32. The molecule has 0 N–H and O–H groups in total. The van der Waals surface area contributed by atoms with Crippen LogP contribution in [0.1, 0.15) is 291 Å². The van der Waals surface area contributed by atoms with E-state index in [4.69, 9.17) is 36.3 Å². The first kappa shape index (κ1) is 62.9. The molecule has 1 aliphatic heterocycles. The second-order valence-corrected chi connectivity index (χ2v) is 20.4. The lowest BCUT2D eigenvalue weighted by atomic mass is 9.91. The van der Waals surface area contributed by atoms with Crippen molar-refractivity contribution in [1.29, 1.82) is 0 Å². The number of carbonyl (C=O) groups excluding carboxylic acids is 5. The van der Waals surface area contributed by atoms with Crippen LogP contribution in [0.15, 0.2) is 0 Å². The fourth-order valence-corrected chi connectivity index (χ4v) is 9.33. The summed E-state index contributed by atoms with van der Waals surface area (Å²) in [6.45, 7) is 9.75. The van der Waals surface area contributed by atoms with E-state index in [2.05, 4.69) is 27.7 Å². The quantitative estimate of drug-likeness (QED) is 0.0272. The van der Waals surface area contributed by atoms with Gasteiger partial charge >= 0.3 is 23.9 Å². The molecule has 0 amide bonds. The Hall–Kier alpha value is -2.14. The fourth-order valence-electron chi connectivity index (χ4n) is 8.99. The summed E-state index contributed by atoms with van der Waals surface area (Å²) in [5.41, 5.74) is 0. The molecule has 1 saturated heterocycles. The summed E-state index contributed by atoms with van der Waals surface area (Å²) in [5.74, 6) is -2.69. The van der Waals surface area contributed by atoms with Gasteiger partial charge in [0.1, 0.15) is 12.7 Å². The van der Waals surface area contributed by atoms with Crippen LogP contribution < -0.4 is 0 Å². The molecule has 0 spiro atoms. The largest absolute Gasteiger partial charge is 0.463 e.